The third kappa shape index (κ3) is 2.67. The fourth-order valence-corrected chi connectivity index (χ4v) is 1.56. The summed E-state index contributed by atoms with van der Waals surface area (Å²) in [6.45, 7) is 3.66. The van der Waals surface area contributed by atoms with E-state index in [4.69, 9.17) is 0 Å². The average molecular weight is 294 g/mol. The summed E-state index contributed by atoms with van der Waals surface area (Å²) in [6, 6.07) is 1.75. The largest absolute Gasteiger partial charge is 0.387 e. The van der Waals surface area contributed by atoms with E-state index in [0.29, 0.717) is 17.4 Å². The summed E-state index contributed by atoms with van der Waals surface area (Å²) in [4.78, 5) is 19.8. The molecule has 1 N–H and O–H groups in total. The van der Waals surface area contributed by atoms with E-state index in [9.17, 15) is 4.79 Å². The average Bonchev–Trinajstić information content (AvgIpc) is 2.70. The summed E-state index contributed by atoms with van der Waals surface area (Å²) in [5.41, 5.74) is 1.30. The van der Waals surface area contributed by atoms with Crippen molar-refractivity contribution in [3.63, 3.8) is 0 Å². The van der Waals surface area contributed by atoms with Crippen LogP contribution in [0.1, 0.15) is 12.5 Å². The molecule has 0 aromatic carbocycles. The van der Waals surface area contributed by atoms with Gasteiger partial charge in [-0.3, -0.25) is 4.79 Å². The highest BCUT2D eigenvalue weighted by Gasteiger charge is 2.23. The number of carbonyl (C=O) groups excluding carboxylic acids is 1. The molecule has 2 rings (SSSR count). The highest BCUT2D eigenvalue weighted by molar-refractivity contribution is 9.10. The molecule has 0 atom stereocenters. The molecule has 1 aromatic heterocycles. The predicted octanol–water partition coefficient (Wildman–Crippen LogP) is 1.10. The minimum Gasteiger partial charge on any atom is -0.303 e. The Morgan fingerprint density at radius 3 is 2.82 bits per heavy atom. The van der Waals surface area contributed by atoms with Crippen molar-refractivity contribution in [1.82, 2.24) is 9.65 Å². The van der Waals surface area contributed by atoms with E-state index >= 15 is 0 Å². The number of hydrogen-bond donors (Lipinski definition) is 1. The highest BCUT2D eigenvalue weighted by Crippen LogP contribution is 2.17. The zero-order valence-electron chi connectivity index (χ0n) is 9.36. The van der Waals surface area contributed by atoms with Crippen LogP contribution in [0.15, 0.2) is 21.7 Å². The van der Waals surface area contributed by atoms with Gasteiger partial charge in [-0.15, -0.1) is 0 Å². The molecule has 1 aliphatic rings. The number of rotatable bonds is 2. The van der Waals surface area contributed by atoms with Crippen LogP contribution in [0.25, 0.3) is 0 Å². The van der Waals surface area contributed by atoms with E-state index in [1.165, 1.54) is 6.21 Å². The van der Waals surface area contributed by atoms with Gasteiger partial charge in [-0.05, 0) is 23.5 Å². The molecule has 6 heteroatoms. The maximum Gasteiger partial charge on any atom is 0.387 e. The Hall–Kier alpha value is -1.78. The van der Waals surface area contributed by atoms with Gasteiger partial charge in [0.15, 0.2) is 0 Å². The molecule has 86 valence electrons. The second kappa shape index (κ2) is 4.61. The molecule has 1 amide bonds. The molecule has 0 aliphatic carbocycles. The Labute approximate surface area is 107 Å². The molecule has 1 aliphatic heterocycles. The maximum atomic E-state index is 11.8. The monoisotopic (exact) mass is 293 g/mol. The summed E-state index contributed by atoms with van der Waals surface area (Å²) in [6.07, 6.45) is 3.12. The van der Waals surface area contributed by atoms with Crippen LogP contribution in [-0.2, 0) is 4.79 Å². The highest BCUT2D eigenvalue weighted by atomic mass is 79.9. The van der Waals surface area contributed by atoms with Crippen molar-refractivity contribution in [2.45, 2.75) is 13.8 Å². The quantitative estimate of drug-likeness (QED) is 0.830. The molecule has 0 saturated carbocycles. The Bertz CT molecular complexity index is 585. The summed E-state index contributed by atoms with van der Waals surface area (Å²) in [5.74, 6) is 0.746. The summed E-state index contributed by atoms with van der Waals surface area (Å²) < 4.78 is 4.81. The molecule has 5 nitrogen and oxygen atoms in total. The van der Waals surface area contributed by atoms with Crippen LogP contribution in [0.5, 0.6) is 0 Å². The van der Waals surface area contributed by atoms with Gasteiger partial charge >= 0.3 is 11.7 Å². The zero-order chi connectivity index (χ0) is 12.4. The summed E-state index contributed by atoms with van der Waals surface area (Å²) in [7, 11) is 0. The minimum absolute atomic E-state index is 0.293. The van der Waals surface area contributed by atoms with Crippen LogP contribution in [0.3, 0.4) is 0 Å². The first-order chi connectivity index (χ1) is 8.06. The van der Waals surface area contributed by atoms with Crippen molar-refractivity contribution in [2.24, 2.45) is 4.99 Å². The van der Waals surface area contributed by atoms with Gasteiger partial charge in [-0.1, -0.05) is 15.9 Å². The fraction of sp³-hybridized carbons (Fsp3) is 0.182. The van der Waals surface area contributed by atoms with Gasteiger partial charge in [0.2, 0.25) is 6.21 Å². The third-order valence-corrected chi connectivity index (χ3v) is 3.02. The fourth-order valence-electron chi connectivity index (χ4n) is 1.24. The lowest BCUT2D eigenvalue weighted by Gasteiger charge is -2.02. The van der Waals surface area contributed by atoms with Crippen molar-refractivity contribution in [1.29, 1.82) is 0 Å². The number of aliphatic imine (C=N–C) groups is 1. The smallest absolute Gasteiger partial charge is 0.303 e. The Morgan fingerprint density at radius 2 is 2.24 bits per heavy atom. The number of nitrogens with one attached hydrogen (secondary N) is 1. The molecule has 2 heterocycles. The van der Waals surface area contributed by atoms with Crippen LogP contribution in [0, 0.1) is 6.92 Å². The summed E-state index contributed by atoms with van der Waals surface area (Å²) in [5, 5.41) is 2.66. The topological polar surface area (TPSA) is 68.5 Å². The van der Waals surface area contributed by atoms with E-state index in [2.05, 4.69) is 35.9 Å². The molecular formula is C11H10BrN4O+. The van der Waals surface area contributed by atoms with Gasteiger partial charge in [0.25, 0.3) is 5.71 Å². The van der Waals surface area contributed by atoms with Gasteiger partial charge in [0.05, 0.1) is 6.92 Å². The van der Waals surface area contributed by atoms with Crippen molar-refractivity contribution in [3.8, 4) is 0 Å². The lowest BCUT2D eigenvalue weighted by Crippen LogP contribution is -2.24. The first-order valence-electron chi connectivity index (χ1n) is 4.96. The second-order valence-electron chi connectivity index (χ2n) is 3.58. The predicted molar refractivity (Wildman–Crippen MR) is 71.6 cm³/mol. The van der Waals surface area contributed by atoms with Crippen LogP contribution in [-0.4, -0.2) is 28.7 Å². The number of halogens is 1. The maximum absolute atomic E-state index is 11.8. The van der Waals surface area contributed by atoms with Crippen molar-refractivity contribution >= 4 is 45.4 Å². The van der Waals surface area contributed by atoms with Crippen molar-refractivity contribution in [3.05, 3.63) is 22.3 Å². The van der Waals surface area contributed by atoms with Crippen molar-refractivity contribution < 1.29 is 4.79 Å². The number of aryl methyl sites for hydroxylation is 1. The Kier molecular flexibility index (Phi) is 3.17. The number of pyridine rings is 1. The van der Waals surface area contributed by atoms with Gasteiger partial charge in [-0.25, -0.2) is 9.65 Å². The second-order valence-corrected chi connectivity index (χ2v) is 4.43. The molecule has 0 bridgehead atoms. The van der Waals surface area contributed by atoms with E-state index in [0.717, 1.165) is 10.0 Å². The van der Waals surface area contributed by atoms with E-state index in [-0.39, 0.29) is 5.91 Å². The number of carbonyl (C=O) groups is 1. The van der Waals surface area contributed by atoms with Gasteiger partial charge in [-0.2, -0.15) is 0 Å². The van der Waals surface area contributed by atoms with Crippen LogP contribution in [0.4, 0.5) is 5.82 Å². The van der Waals surface area contributed by atoms with E-state index < -0.39 is 0 Å². The first-order valence-corrected chi connectivity index (χ1v) is 5.75. The first kappa shape index (κ1) is 11.7. The number of nitrogens with zero attached hydrogens (tertiary/aromatic N) is 3. The van der Waals surface area contributed by atoms with Gasteiger partial charge in [0, 0.05) is 10.7 Å². The number of hydrogen-bond acceptors (Lipinski definition) is 3. The summed E-state index contributed by atoms with van der Waals surface area (Å²) >= 11 is 3.38. The Morgan fingerprint density at radius 1 is 1.47 bits per heavy atom. The zero-order valence-corrected chi connectivity index (χ0v) is 10.9. The van der Waals surface area contributed by atoms with Crippen molar-refractivity contribution in [2.75, 3.05) is 5.32 Å². The minimum atomic E-state index is -0.311. The number of anilines is 1. The number of aromatic nitrogens is 1. The third-order valence-electron chi connectivity index (χ3n) is 2.17. The van der Waals surface area contributed by atoms with Gasteiger partial charge in [0.1, 0.15) is 5.82 Å². The van der Waals surface area contributed by atoms with Crippen LogP contribution >= 0.6 is 15.9 Å². The molecule has 17 heavy (non-hydrogen) atoms. The number of amides is 1. The van der Waals surface area contributed by atoms with Crippen LogP contribution < -0.4 is 9.98 Å². The lowest BCUT2D eigenvalue weighted by molar-refractivity contribution is -0.110. The molecule has 0 spiro atoms. The van der Waals surface area contributed by atoms with E-state index in [1.807, 2.05) is 6.92 Å². The standard InChI is InChI=1S/C11H9BrN4O/c1-6-4-14-10(3-8(6)12)16-11(17)9-5-13-7(2)15-9/h3-5H,1-2H3/p+1. The molecule has 0 unspecified atom stereocenters. The molecule has 0 fully saturated rings. The Balaban J connectivity index is 2.12. The van der Waals surface area contributed by atoms with Gasteiger partial charge < -0.3 is 5.32 Å². The van der Waals surface area contributed by atoms with Crippen LogP contribution in [0.2, 0.25) is 0 Å². The molecule has 0 radical (unpaired) electrons. The van der Waals surface area contributed by atoms with E-state index in [1.54, 1.807) is 19.2 Å². The molecular weight excluding hydrogens is 284 g/mol. The molecule has 0 saturated heterocycles. The normalized spacial score (nSPS) is 13.4. The number of amidine groups is 1. The SMILES string of the molecule is CC1=[N+]=CC(C(=O)Nc2cc(Br)c(C)cn2)=N1. The lowest BCUT2D eigenvalue weighted by atomic mass is 10.3. The molecule has 1 aromatic rings.